The molecule has 1 amide bonds. The van der Waals surface area contributed by atoms with Crippen LogP contribution in [0.5, 0.6) is 0 Å². The molecule has 2 rings (SSSR count). The summed E-state index contributed by atoms with van der Waals surface area (Å²) in [4.78, 5) is 13.9. The fourth-order valence-electron chi connectivity index (χ4n) is 1.55. The lowest BCUT2D eigenvalue weighted by atomic mass is 10.2. The number of nitrogens with zero attached hydrogens (tertiary/aromatic N) is 1. The predicted octanol–water partition coefficient (Wildman–Crippen LogP) is 3.98. The number of benzene rings is 1. The molecule has 0 bridgehead atoms. The molecule has 0 aromatic heterocycles. The van der Waals surface area contributed by atoms with Crippen LogP contribution in [0.1, 0.15) is 5.56 Å². The summed E-state index contributed by atoms with van der Waals surface area (Å²) in [5.74, 6) is -0.591. The molecule has 0 N–H and O–H groups in total. The molecule has 1 aromatic carbocycles. The molecule has 0 saturated carbocycles. The summed E-state index contributed by atoms with van der Waals surface area (Å²) < 4.78 is 14.9. The van der Waals surface area contributed by atoms with E-state index in [1.165, 1.54) is 28.8 Å². The third-order valence-electron chi connectivity index (χ3n) is 2.43. The number of carbonyl (C=O) groups is 1. The van der Waals surface area contributed by atoms with E-state index in [-0.39, 0.29) is 11.7 Å². The van der Waals surface area contributed by atoms with Crippen LogP contribution in [0.25, 0.3) is 6.08 Å². The van der Waals surface area contributed by atoms with Gasteiger partial charge in [-0.05, 0) is 24.3 Å². The van der Waals surface area contributed by atoms with E-state index in [0.29, 0.717) is 21.3 Å². The fourth-order valence-corrected chi connectivity index (χ4v) is 3.20. The van der Waals surface area contributed by atoms with E-state index >= 15 is 0 Å². The molecule has 1 saturated heterocycles. The predicted molar refractivity (Wildman–Crippen MR) is 84.2 cm³/mol. The van der Waals surface area contributed by atoms with Gasteiger partial charge in [0.25, 0.3) is 5.91 Å². The first-order chi connectivity index (χ1) is 9.02. The number of amides is 1. The lowest BCUT2D eigenvalue weighted by Crippen LogP contribution is -2.27. The highest BCUT2D eigenvalue weighted by Gasteiger charge is 2.31. The first-order valence-corrected chi connectivity index (χ1v) is 7.36. The quantitative estimate of drug-likeness (QED) is 0.463. The Hall–Kier alpha value is -0.980. The number of thioether (sulfide) groups is 1. The van der Waals surface area contributed by atoms with E-state index in [1.807, 2.05) is 0 Å². The van der Waals surface area contributed by atoms with Crippen molar-refractivity contribution in [1.82, 2.24) is 4.90 Å². The number of thiocarbonyl (C=S) groups is 1. The second-order valence-electron chi connectivity index (χ2n) is 3.75. The van der Waals surface area contributed by atoms with Crippen molar-refractivity contribution in [2.45, 2.75) is 0 Å². The molecule has 1 aromatic rings. The van der Waals surface area contributed by atoms with Crippen molar-refractivity contribution in [2.75, 3.05) is 6.54 Å². The van der Waals surface area contributed by atoms with E-state index in [0.717, 1.165) is 4.47 Å². The van der Waals surface area contributed by atoms with Gasteiger partial charge in [-0.25, -0.2) is 4.39 Å². The van der Waals surface area contributed by atoms with Crippen LogP contribution in [0, 0.1) is 5.82 Å². The molecule has 0 aliphatic carbocycles. The van der Waals surface area contributed by atoms with Crippen LogP contribution in [0.3, 0.4) is 0 Å². The van der Waals surface area contributed by atoms with Crippen molar-refractivity contribution in [3.8, 4) is 0 Å². The van der Waals surface area contributed by atoms with Gasteiger partial charge in [0.15, 0.2) is 0 Å². The first-order valence-electron chi connectivity index (χ1n) is 5.34. The monoisotopic (exact) mass is 357 g/mol. The van der Waals surface area contributed by atoms with Crippen LogP contribution >= 0.6 is 39.9 Å². The maximum absolute atomic E-state index is 13.6. The Morgan fingerprint density at radius 2 is 2.26 bits per heavy atom. The molecule has 1 fully saturated rings. The van der Waals surface area contributed by atoms with Gasteiger partial charge in [-0.3, -0.25) is 9.69 Å². The number of hydrogen-bond donors (Lipinski definition) is 0. The van der Waals surface area contributed by atoms with Crippen LogP contribution in [0.2, 0.25) is 0 Å². The summed E-state index contributed by atoms with van der Waals surface area (Å²) >= 11 is 9.55. The molecular weight excluding hydrogens is 349 g/mol. The Kier molecular flexibility index (Phi) is 4.54. The van der Waals surface area contributed by atoms with E-state index < -0.39 is 0 Å². The maximum atomic E-state index is 13.6. The second kappa shape index (κ2) is 5.98. The minimum absolute atomic E-state index is 0.214. The van der Waals surface area contributed by atoms with E-state index in [2.05, 4.69) is 22.5 Å². The molecule has 1 aliphatic heterocycles. The van der Waals surface area contributed by atoms with Gasteiger partial charge in [0.1, 0.15) is 10.1 Å². The number of carbonyl (C=O) groups excluding carboxylic acids is 1. The van der Waals surface area contributed by atoms with Gasteiger partial charge in [0.05, 0.1) is 4.91 Å². The van der Waals surface area contributed by atoms with Gasteiger partial charge in [0.2, 0.25) is 0 Å². The molecule has 1 heterocycles. The highest BCUT2D eigenvalue weighted by molar-refractivity contribution is 9.10. The maximum Gasteiger partial charge on any atom is 0.266 e. The summed E-state index contributed by atoms with van der Waals surface area (Å²) in [6, 6.07) is 4.57. The summed E-state index contributed by atoms with van der Waals surface area (Å²) in [5, 5.41) is 0. The third-order valence-corrected chi connectivity index (χ3v) is 4.30. The van der Waals surface area contributed by atoms with Crippen molar-refractivity contribution in [3.05, 3.63) is 51.6 Å². The van der Waals surface area contributed by atoms with E-state index in [1.54, 1.807) is 18.2 Å². The lowest BCUT2D eigenvalue weighted by Gasteiger charge is -2.10. The van der Waals surface area contributed by atoms with Crippen molar-refractivity contribution in [1.29, 1.82) is 0 Å². The Balaban J connectivity index is 2.34. The zero-order chi connectivity index (χ0) is 14.0. The summed E-state index contributed by atoms with van der Waals surface area (Å²) in [5.41, 5.74) is 0.355. The number of halogens is 2. The molecule has 19 heavy (non-hydrogen) atoms. The van der Waals surface area contributed by atoms with Crippen LogP contribution in [-0.2, 0) is 4.79 Å². The average Bonchev–Trinajstić information content (AvgIpc) is 2.62. The average molecular weight is 358 g/mol. The zero-order valence-corrected chi connectivity index (χ0v) is 12.9. The molecule has 2 nitrogen and oxygen atoms in total. The smallest absolute Gasteiger partial charge is 0.266 e. The lowest BCUT2D eigenvalue weighted by molar-refractivity contribution is -0.121. The number of hydrogen-bond acceptors (Lipinski definition) is 3. The molecule has 0 atom stereocenters. The Labute approximate surface area is 128 Å². The molecule has 98 valence electrons. The molecular formula is C13H9BrFNOS2. The fraction of sp³-hybridized carbons (Fsp3) is 0.0769. The third kappa shape index (κ3) is 3.13. The van der Waals surface area contributed by atoms with E-state index in [9.17, 15) is 9.18 Å². The van der Waals surface area contributed by atoms with Gasteiger partial charge in [0, 0.05) is 16.6 Å². The Bertz CT molecular complexity index is 600. The van der Waals surface area contributed by atoms with Crippen molar-refractivity contribution in [3.63, 3.8) is 0 Å². The van der Waals surface area contributed by atoms with Crippen molar-refractivity contribution >= 4 is 56.2 Å². The molecule has 0 spiro atoms. The summed E-state index contributed by atoms with van der Waals surface area (Å²) in [7, 11) is 0. The number of rotatable bonds is 3. The van der Waals surface area contributed by atoms with Crippen molar-refractivity contribution < 1.29 is 9.18 Å². The Morgan fingerprint density at radius 3 is 2.95 bits per heavy atom. The van der Waals surface area contributed by atoms with E-state index in [4.69, 9.17) is 12.2 Å². The van der Waals surface area contributed by atoms with Gasteiger partial charge < -0.3 is 0 Å². The van der Waals surface area contributed by atoms with Gasteiger partial charge in [-0.15, -0.1) is 6.58 Å². The Morgan fingerprint density at radius 1 is 1.53 bits per heavy atom. The van der Waals surface area contributed by atoms with Crippen LogP contribution in [-0.4, -0.2) is 21.7 Å². The van der Waals surface area contributed by atoms with Crippen LogP contribution in [0.4, 0.5) is 4.39 Å². The van der Waals surface area contributed by atoms with Gasteiger partial charge in [-0.2, -0.15) is 0 Å². The summed E-state index contributed by atoms with van der Waals surface area (Å²) in [6.07, 6.45) is 3.12. The molecule has 0 unspecified atom stereocenters. The normalized spacial score (nSPS) is 17.4. The molecule has 0 radical (unpaired) electrons. The highest BCUT2D eigenvalue weighted by atomic mass is 79.9. The largest absolute Gasteiger partial charge is 0.289 e. The SMILES string of the molecule is C=CCN1C(=O)/C(=C/c2cc(Br)ccc2F)SC1=S. The highest BCUT2D eigenvalue weighted by Crippen LogP contribution is 2.33. The zero-order valence-electron chi connectivity index (χ0n) is 9.73. The summed E-state index contributed by atoms with van der Waals surface area (Å²) in [6.45, 7) is 3.94. The minimum atomic E-state index is -0.378. The minimum Gasteiger partial charge on any atom is -0.289 e. The molecule has 6 heteroatoms. The second-order valence-corrected chi connectivity index (χ2v) is 6.34. The van der Waals surface area contributed by atoms with Gasteiger partial charge in [-0.1, -0.05) is 46.0 Å². The topological polar surface area (TPSA) is 20.3 Å². The standard InChI is InChI=1S/C13H9BrFNOS2/c1-2-5-16-12(17)11(19-13(16)18)7-8-6-9(14)3-4-10(8)15/h2-4,6-7H,1,5H2/b11-7-. The molecule has 1 aliphatic rings. The van der Waals surface area contributed by atoms with Crippen LogP contribution < -0.4 is 0 Å². The van der Waals surface area contributed by atoms with Crippen molar-refractivity contribution in [2.24, 2.45) is 0 Å². The van der Waals surface area contributed by atoms with Crippen LogP contribution in [0.15, 0.2) is 40.2 Å². The first kappa shape index (κ1) is 14.4. The van der Waals surface area contributed by atoms with Gasteiger partial charge >= 0.3 is 0 Å².